The van der Waals surface area contributed by atoms with E-state index in [0.717, 1.165) is 25.9 Å². The maximum Gasteiger partial charge on any atom is 0.333 e. The zero-order chi connectivity index (χ0) is 14.0. The van der Waals surface area contributed by atoms with Crippen LogP contribution in [0, 0.1) is 23.0 Å². The molecule has 0 aliphatic carbocycles. The van der Waals surface area contributed by atoms with Crippen molar-refractivity contribution in [1.82, 2.24) is 9.78 Å². The molecule has 1 saturated heterocycles. The van der Waals surface area contributed by atoms with Crippen molar-refractivity contribution >= 4 is 11.5 Å². The molecular weight excluding hydrogens is 246 g/mol. The molecule has 1 atom stereocenters. The van der Waals surface area contributed by atoms with E-state index in [2.05, 4.69) is 10.00 Å². The van der Waals surface area contributed by atoms with Crippen molar-refractivity contribution in [1.29, 1.82) is 0 Å². The molecule has 2 N–H and O–H groups in total. The van der Waals surface area contributed by atoms with Crippen LogP contribution in [-0.4, -0.2) is 34.3 Å². The van der Waals surface area contributed by atoms with Gasteiger partial charge in [-0.3, -0.25) is 10.1 Å². The number of hydrogen-bond acceptors (Lipinski definition) is 5. The minimum absolute atomic E-state index is 0.138. The van der Waals surface area contributed by atoms with Gasteiger partial charge < -0.3 is 10.6 Å². The van der Waals surface area contributed by atoms with Crippen LogP contribution in [0.2, 0.25) is 0 Å². The van der Waals surface area contributed by atoms with Gasteiger partial charge in [-0.15, -0.1) is 0 Å². The van der Waals surface area contributed by atoms with Gasteiger partial charge in [0.05, 0.1) is 4.92 Å². The Hall–Kier alpha value is -1.63. The molecule has 0 spiro atoms. The summed E-state index contributed by atoms with van der Waals surface area (Å²) in [6.45, 7) is 6.52. The zero-order valence-corrected chi connectivity index (χ0v) is 11.5. The predicted molar refractivity (Wildman–Crippen MR) is 73.3 cm³/mol. The summed E-state index contributed by atoms with van der Waals surface area (Å²) in [7, 11) is 0. The summed E-state index contributed by atoms with van der Waals surface area (Å²) in [6.07, 6.45) is 2.12. The minimum atomic E-state index is -0.324. The molecule has 2 heterocycles. The van der Waals surface area contributed by atoms with Crippen molar-refractivity contribution in [2.75, 3.05) is 24.5 Å². The van der Waals surface area contributed by atoms with Gasteiger partial charge in [0.15, 0.2) is 0 Å². The van der Waals surface area contributed by atoms with Gasteiger partial charge in [0.1, 0.15) is 5.69 Å². The third-order valence-corrected chi connectivity index (χ3v) is 3.70. The van der Waals surface area contributed by atoms with Gasteiger partial charge >= 0.3 is 5.69 Å². The van der Waals surface area contributed by atoms with Crippen LogP contribution in [0.25, 0.3) is 0 Å². The van der Waals surface area contributed by atoms with Crippen LogP contribution in [0.3, 0.4) is 0 Å². The van der Waals surface area contributed by atoms with Crippen LogP contribution in [0.4, 0.5) is 11.5 Å². The highest BCUT2D eigenvalue weighted by Crippen LogP contribution is 2.34. The Morgan fingerprint density at radius 3 is 2.89 bits per heavy atom. The first kappa shape index (κ1) is 13.8. The number of rotatable bonds is 4. The van der Waals surface area contributed by atoms with Crippen LogP contribution < -0.4 is 10.6 Å². The average Bonchev–Trinajstić information content (AvgIpc) is 2.75. The lowest BCUT2D eigenvalue weighted by Crippen LogP contribution is -2.39. The highest BCUT2D eigenvalue weighted by atomic mass is 16.6. The number of piperidine rings is 1. The van der Waals surface area contributed by atoms with Crippen LogP contribution >= 0.6 is 0 Å². The van der Waals surface area contributed by atoms with E-state index in [1.54, 1.807) is 11.6 Å². The predicted octanol–water partition coefficient (Wildman–Crippen LogP) is 1.29. The van der Waals surface area contributed by atoms with Crippen LogP contribution in [0.1, 0.15) is 25.5 Å². The number of nitro groups is 1. The molecule has 106 valence electrons. The maximum atomic E-state index is 11.3. The number of anilines is 1. The lowest BCUT2D eigenvalue weighted by molar-refractivity contribution is -0.384. The number of hydrogen-bond donors (Lipinski definition) is 1. The van der Waals surface area contributed by atoms with Gasteiger partial charge in [0.2, 0.25) is 5.82 Å². The van der Waals surface area contributed by atoms with Crippen molar-refractivity contribution in [3.05, 3.63) is 15.8 Å². The first-order valence-corrected chi connectivity index (χ1v) is 6.75. The quantitative estimate of drug-likeness (QED) is 0.656. The number of aryl methyl sites for hydroxylation is 2. The largest absolute Gasteiger partial charge is 0.351 e. The molecule has 0 saturated carbocycles. The third kappa shape index (κ3) is 2.56. The Balaban J connectivity index is 2.39. The fourth-order valence-corrected chi connectivity index (χ4v) is 2.76. The highest BCUT2D eigenvalue weighted by Gasteiger charge is 2.31. The summed E-state index contributed by atoms with van der Waals surface area (Å²) in [5.41, 5.74) is 6.36. The van der Waals surface area contributed by atoms with E-state index in [0.29, 0.717) is 30.5 Å². The molecule has 0 aromatic carbocycles. The standard InChI is InChI=1S/C12H21N5O2/c1-3-16-12(11(17(18)19)9(2)14-16)15-6-4-5-10(7-13)8-15/h10H,3-8,13H2,1-2H3. The van der Waals surface area contributed by atoms with E-state index in [4.69, 9.17) is 5.73 Å². The van der Waals surface area contributed by atoms with E-state index in [1.807, 2.05) is 6.92 Å². The second-order valence-corrected chi connectivity index (χ2v) is 5.02. The molecule has 1 aromatic rings. The molecule has 2 rings (SSSR count). The minimum Gasteiger partial charge on any atom is -0.351 e. The number of nitrogens with zero attached hydrogens (tertiary/aromatic N) is 4. The Morgan fingerprint density at radius 1 is 1.58 bits per heavy atom. The monoisotopic (exact) mass is 267 g/mol. The molecule has 0 bridgehead atoms. The molecule has 7 heteroatoms. The number of aromatic nitrogens is 2. The van der Waals surface area contributed by atoms with E-state index in [9.17, 15) is 10.1 Å². The summed E-state index contributed by atoms with van der Waals surface area (Å²) < 4.78 is 1.73. The lowest BCUT2D eigenvalue weighted by Gasteiger charge is -2.33. The van der Waals surface area contributed by atoms with Crippen molar-refractivity contribution in [2.45, 2.75) is 33.2 Å². The molecule has 1 fully saturated rings. The van der Waals surface area contributed by atoms with E-state index in [-0.39, 0.29) is 10.6 Å². The average molecular weight is 267 g/mol. The van der Waals surface area contributed by atoms with E-state index >= 15 is 0 Å². The van der Waals surface area contributed by atoms with Gasteiger partial charge in [-0.25, -0.2) is 4.68 Å². The molecule has 1 aliphatic rings. The van der Waals surface area contributed by atoms with E-state index in [1.165, 1.54) is 0 Å². The molecular formula is C12H21N5O2. The molecule has 7 nitrogen and oxygen atoms in total. The molecule has 0 radical (unpaired) electrons. The second kappa shape index (κ2) is 5.56. The molecule has 19 heavy (non-hydrogen) atoms. The van der Waals surface area contributed by atoms with Crippen molar-refractivity contribution in [3.63, 3.8) is 0 Å². The van der Waals surface area contributed by atoms with Gasteiger partial charge in [-0.05, 0) is 39.2 Å². The van der Waals surface area contributed by atoms with Crippen molar-refractivity contribution in [3.8, 4) is 0 Å². The first-order chi connectivity index (χ1) is 9.08. The van der Waals surface area contributed by atoms with Crippen molar-refractivity contribution in [2.24, 2.45) is 11.7 Å². The summed E-state index contributed by atoms with van der Waals surface area (Å²) >= 11 is 0. The zero-order valence-electron chi connectivity index (χ0n) is 11.5. The first-order valence-electron chi connectivity index (χ1n) is 6.75. The number of nitrogens with two attached hydrogens (primary N) is 1. The Kier molecular flexibility index (Phi) is 4.04. The SMILES string of the molecule is CCn1nc(C)c([N+](=O)[O-])c1N1CCCC(CN)C1. The van der Waals surface area contributed by atoms with Crippen LogP contribution in [-0.2, 0) is 6.54 Å². The summed E-state index contributed by atoms with van der Waals surface area (Å²) in [6, 6.07) is 0. The maximum absolute atomic E-state index is 11.3. The lowest BCUT2D eigenvalue weighted by atomic mass is 9.98. The van der Waals surface area contributed by atoms with Gasteiger partial charge in [0, 0.05) is 19.6 Å². The summed E-state index contributed by atoms with van der Waals surface area (Å²) in [5.74, 6) is 1.05. The van der Waals surface area contributed by atoms with E-state index < -0.39 is 0 Å². The molecule has 0 amide bonds. The molecule has 1 aliphatic heterocycles. The fourth-order valence-electron chi connectivity index (χ4n) is 2.76. The van der Waals surface area contributed by atoms with Gasteiger partial charge in [0.25, 0.3) is 0 Å². The topological polar surface area (TPSA) is 90.2 Å². The van der Waals surface area contributed by atoms with Crippen LogP contribution in [0.5, 0.6) is 0 Å². The highest BCUT2D eigenvalue weighted by molar-refractivity contribution is 5.61. The van der Waals surface area contributed by atoms with Crippen LogP contribution in [0.15, 0.2) is 0 Å². The normalized spacial score (nSPS) is 19.7. The van der Waals surface area contributed by atoms with Crippen molar-refractivity contribution < 1.29 is 4.92 Å². The Labute approximate surface area is 112 Å². The Bertz CT molecular complexity index is 471. The smallest absolute Gasteiger partial charge is 0.333 e. The third-order valence-electron chi connectivity index (χ3n) is 3.70. The van der Waals surface area contributed by atoms with Gasteiger partial charge in [-0.1, -0.05) is 0 Å². The second-order valence-electron chi connectivity index (χ2n) is 5.02. The summed E-state index contributed by atoms with van der Waals surface area (Å²) in [5, 5.41) is 15.5. The fraction of sp³-hybridized carbons (Fsp3) is 0.750. The molecule has 1 aromatic heterocycles. The van der Waals surface area contributed by atoms with Gasteiger partial charge in [-0.2, -0.15) is 5.10 Å². The molecule has 1 unspecified atom stereocenters. The summed E-state index contributed by atoms with van der Waals surface area (Å²) in [4.78, 5) is 13.0. The Morgan fingerprint density at radius 2 is 2.32 bits per heavy atom.